The Labute approximate surface area is 98.4 Å². The number of thiophene rings is 1. The average molecular weight is 294 g/mol. The van der Waals surface area contributed by atoms with Gasteiger partial charge in [-0.3, -0.25) is 0 Å². The third-order valence-corrected chi connectivity index (χ3v) is 4.68. The first-order valence-corrected chi connectivity index (χ1v) is 6.84. The van der Waals surface area contributed by atoms with Crippen LogP contribution in [0.4, 0.5) is 0 Å². The van der Waals surface area contributed by atoms with Crippen LogP contribution in [0.2, 0.25) is 4.34 Å². The molecule has 0 N–H and O–H groups in total. The summed E-state index contributed by atoms with van der Waals surface area (Å²) >= 11 is 12.8. The van der Waals surface area contributed by atoms with E-state index in [1.807, 2.05) is 6.07 Å². The SMILES string of the molecule is CSc1cc2sc(Cl)cc2cc1Br. The van der Waals surface area contributed by atoms with Gasteiger partial charge in [0.1, 0.15) is 0 Å². The van der Waals surface area contributed by atoms with Crippen LogP contribution in [0, 0.1) is 0 Å². The molecule has 13 heavy (non-hydrogen) atoms. The molecule has 0 aliphatic rings. The standard InChI is InChI=1S/C9H6BrClS2/c1-12-8-4-7-5(2-6(8)10)3-9(11)13-7/h2-4H,1H3. The van der Waals surface area contributed by atoms with Gasteiger partial charge in [-0.2, -0.15) is 0 Å². The molecule has 0 radical (unpaired) electrons. The second kappa shape index (κ2) is 3.81. The van der Waals surface area contributed by atoms with Crippen LogP contribution in [0.25, 0.3) is 10.1 Å². The monoisotopic (exact) mass is 292 g/mol. The lowest BCUT2D eigenvalue weighted by Crippen LogP contribution is -1.72. The minimum Gasteiger partial charge on any atom is -0.128 e. The van der Waals surface area contributed by atoms with Crippen molar-refractivity contribution < 1.29 is 0 Å². The summed E-state index contributed by atoms with van der Waals surface area (Å²) in [4.78, 5) is 1.26. The maximum Gasteiger partial charge on any atom is 0.0940 e. The van der Waals surface area contributed by atoms with Crippen molar-refractivity contribution in [1.82, 2.24) is 0 Å². The molecule has 0 bridgehead atoms. The Bertz CT molecular complexity index is 450. The maximum atomic E-state index is 5.93. The lowest BCUT2D eigenvalue weighted by atomic mass is 10.3. The van der Waals surface area contributed by atoms with E-state index in [-0.39, 0.29) is 0 Å². The number of halogens is 2. The molecule has 1 aromatic heterocycles. The zero-order chi connectivity index (χ0) is 9.42. The fraction of sp³-hybridized carbons (Fsp3) is 0.111. The summed E-state index contributed by atoms with van der Waals surface area (Å²) < 4.78 is 3.24. The first kappa shape index (κ1) is 9.84. The number of hydrogen-bond donors (Lipinski definition) is 0. The summed E-state index contributed by atoms with van der Waals surface area (Å²) in [5.74, 6) is 0. The van der Waals surface area contributed by atoms with Gasteiger partial charge in [-0.25, -0.2) is 0 Å². The Morgan fingerprint density at radius 1 is 1.38 bits per heavy atom. The molecule has 0 nitrogen and oxygen atoms in total. The lowest BCUT2D eigenvalue weighted by Gasteiger charge is -1.99. The molecular formula is C9H6BrClS2. The molecule has 2 aromatic rings. The quantitative estimate of drug-likeness (QED) is 0.664. The van der Waals surface area contributed by atoms with Crippen LogP contribution < -0.4 is 0 Å². The fourth-order valence-corrected chi connectivity index (χ4v) is 3.75. The minimum absolute atomic E-state index is 0.847. The Balaban J connectivity index is 2.72. The summed E-state index contributed by atoms with van der Waals surface area (Å²) in [6.45, 7) is 0. The highest BCUT2D eigenvalue weighted by molar-refractivity contribution is 9.10. The van der Waals surface area contributed by atoms with E-state index in [9.17, 15) is 0 Å². The van der Waals surface area contributed by atoms with Crippen molar-refractivity contribution in [3.8, 4) is 0 Å². The van der Waals surface area contributed by atoms with Crippen LogP contribution in [0.1, 0.15) is 0 Å². The molecule has 0 aliphatic carbocycles. The maximum absolute atomic E-state index is 5.93. The molecule has 1 heterocycles. The molecule has 0 saturated carbocycles. The van der Waals surface area contributed by atoms with E-state index in [1.165, 1.54) is 15.0 Å². The van der Waals surface area contributed by atoms with E-state index in [0.29, 0.717) is 0 Å². The highest BCUT2D eigenvalue weighted by Crippen LogP contribution is 2.36. The van der Waals surface area contributed by atoms with Gasteiger partial charge in [0.2, 0.25) is 0 Å². The second-order valence-electron chi connectivity index (χ2n) is 2.58. The number of benzene rings is 1. The van der Waals surface area contributed by atoms with Crippen LogP contribution >= 0.6 is 50.6 Å². The van der Waals surface area contributed by atoms with Gasteiger partial charge in [-0.15, -0.1) is 23.1 Å². The fourth-order valence-electron chi connectivity index (χ4n) is 1.16. The van der Waals surface area contributed by atoms with E-state index >= 15 is 0 Å². The van der Waals surface area contributed by atoms with Gasteiger partial charge in [0.25, 0.3) is 0 Å². The van der Waals surface area contributed by atoms with Crippen LogP contribution in [0.15, 0.2) is 27.6 Å². The number of fused-ring (bicyclic) bond motifs is 1. The molecule has 0 amide bonds. The van der Waals surface area contributed by atoms with Crippen molar-refractivity contribution >= 4 is 60.7 Å². The lowest BCUT2D eigenvalue weighted by molar-refractivity contribution is 1.47. The van der Waals surface area contributed by atoms with E-state index in [1.54, 1.807) is 23.1 Å². The predicted octanol–water partition coefficient (Wildman–Crippen LogP) is 5.04. The smallest absolute Gasteiger partial charge is 0.0940 e. The van der Waals surface area contributed by atoms with E-state index in [4.69, 9.17) is 11.6 Å². The summed E-state index contributed by atoms with van der Waals surface area (Å²) in [7, 11) is 0. The molecule has 2 rings (SSSR count). The minimum atomic E-state index is 0.847. The van der Waals surface area contributed by atoms with E-state index in [2.05, 4.69) is 34.3 Å². The summed E-state index contributed by atoms with van der Waals surface area (Å²) in [5, 5.41) is 1.21. The van der Waals surface area contributed by atoms with Crippen LogP contribution in [0.5, 0.6) is 0 Å². The van der Waals surface area contributed by atoms with Crippen molar-refractivity contribution in [2.24, 2.45) is 0 Å². The highest BCUT2D eigenvalue weighted by atomic mass is 79.9. The summed E-state index contributed by atoms with van der Waals surface area (Å²) in [6, 6.07) is 6.28. The Hall–Kier alpha value is 0.300. The molecule has 0 unspecified atom stereocenters. The van der Waals surface area contributed by atoms with Gasteiger partial charge in [-0.05, 0) is 45.8 Å². The van der Waals surface area contributed by atoms with Crippen LogP contribution in [-0.4, -0.2) is 6.26 Å². The van der Waals surface area contributed by atoms with Crippen molar-refractivity contribution in [2.75, 3.05) is 6.26 Å². The zero-order valence-corrected chi connectivity index (χ0v) is 10.8. The van der Waals surface area contributed by atoms with Gasteiger partial charge in [0.15, 0.2) is 0 Å². The molecule has 0 fully saturated rings. The van der Waals surface area contributed by atoms with Crippen molar-refractivity contribution in [3.05, 3.63) is 27.0 Å². The van der Waals surface area contributed by atoms with Crippen molar-refractivity contribution in [1.29, 1.82) is 0 Å². The van der Waals surface area contributed by atoms with Crippen molar-refractivity contribution in [2.45, 2.75) is 4.90 Å². The third kappa shape index (κ3) is 1.89. The molecule has 0 atom stereocenters. The molecule has 4 heteroatoms. The molecule has 1 aromatic carbocycles. The van der Waals surface area contributed by atoms with Gasteiger partial charge < -0.3 is 0 Å². The molecular weight excluding hydrogens is 288 g/mol. The molecule has 0 aliphatic heterocycles. The van der Waals surface area contributed by atoms with Gasteiger partial charge in [-0.1, -0.05) is 11.6 Å². The topological polar surface area (TPSA) is 0 Å². The molecule has 0 spiro atoms. The van der Waals surface area contributed by atoms with E-state index in [0.717, 1.165) is 8.81 Å². The normalized spacial score (nSPS) is 11.0. The average Bonchev–Trinajstić information content (AvgIpc) is 2.42. The van der Waals surface area contributed by atoms with Gasteiger partial charge in [0, 0.05) is 14.1 Å². The first-order valence-electron chi connectivity index (χ1n) is 3.63. The van der Waals surface area contributed by atoms with Gasteiger partial charge >= 0.3 is 0 Å². The number of rotatable bonds is 1. The van der Waals surface area contributed by atoms with Crippen molar-refractivity contribution in [3.63, 3.8) is 0 Å². The van der Waals surface area contributed by atoms with E-state index < -0.39 is 0 Å². The largest absolute Gasteiger partial charge is 0.128 e. The Kier molecular flexibility index (Phi) is 2.88. The number of hydrogen-bond acceptors (Lipinski definition) is 2. The highest BCUT2D eigenvalue weighted by Gasteiger charge is 2.04. The molecule has 68 valence electrons. The van der Waals surface area contributed by atoms with Crippen LogP contribution in [0.3, 0.4) is 0 Å². The zero-order valence-electron chi connectivity index (χ0n) is 6.80. The summed E-state index contributed by atoms with van der Waals surface area (Å²) in [6.07, 6.45) is 2.07. The third-order valence-electron chi connectivity index (χ3n) is 1.76. The first-order chi connectivity index (χ1) is 6.20. The number of thioether (sulfide) groups is 1. The Morgan fingerprint density at radius 3 is 2.85 bits per heavy atom. The van der Waals surface area contributed by atoms with Crippen LogP contribution in [-0.2, 0) is 0 Å². The second-order valence-corrected chi connectivity index (χ2v) is 5.99. The predicted molar refractivity (Wildman–Crippen MR) is 66.3 cm³/mol. The Morgan fingerprint density at radius 2 is 2.15 bits per heavy atom. The molecule has 0 saturated heterocycles. The summed E-state index contributed by atoms with van der Waals surface area (Å²) in [5.41, 5.74) is 0. The van der Waals surface area contributed by atoms with Gasteiger partial charge in [0.05, 0.1) is 4.34 Å².